The first kappa shape index (κ1) is 17.6. The second kappa shape index (κ2) is 6.94. The van der Waals surface area contributed by atoms with E-state index in [0.717, 1.165) is 5.39 Å². The average molecular weight is 365 g/mol. The number of fused-ring (bicyclic) bond motifs is 1. The molecule has 3 aromatic heterocycles. The van der Waals surface area contributed by atoms with Gasteiger partial charge in [0.05, 0.1) is 0 Å². The van der Waals surface area contributed by atoms with E-state index < -0.39 is 24.7 Å². The fourth-order valence-electron chi connectivity index (χ4n) is 2.24. The molecule has 11 heteroatoms. The van der Waals surface area contributed by atoms with Crippen LogP contribution < -0.4 is 10.6 Å². The van der Waals surface area contributed by atoms with Crippen LogP contribution in [0.4, 0.5) is 19.0 Å². The molecule has 0 saturated carbocycles. The zero-order valence-electron chi connectivity index (χ0n) is 13.5. The highest BCUT2D eigenvalue weighted by atomic mass is 19.4. The van der Waals surface area contributed by atoms with E-state index in [-0.39, 0.29) is 0 Å². The zero-order chi connectivity index (χ0) is 18.7. The van der Waals surface area contributed by atoms with Crippen molar-refractivity contribution in [3.63, 3.8) is 0 Å². The van der Waals surface area contributed by atoms with E-state index in [1.807, 2.05) is 5.32 Å². The van der Waals surface area contributed by atoms with E-state index in [4.69, 9.17) is 0 Å². The summed E-state index contributed by atoms with van der Waals surface area (Å²) in [6, 6.07) is 0.606. The number of H-pyrrole nitrogens is 1. The van der Waals surface area contributed by atoms with Gasteiger partial charge in [-0.1, -0.05) is 0 Å². The summed E-state index contributed by atoms with van der Waals surface area (Å²) in [5.41, 5.74) is 1.29. The SMILES string of the molecule is CC(Nc1ccnc(-c2c[nH]c3ncncc23)n1)C(=O)NCC(F)(F)F. The van der Waals surface area contributed by atoms with Gasteiger partial charge in [0, 0.05) is 29.5 Å². The number of carbonyl (C=O) groups excluding carboxylic acids is 1. The van der Waals surface area contributed by atoms with Crippen molar-refractivity contribution in [3.05, 3.63) is 31.0 Å². The molecule has 3 heterocycles. The number of alkyl halides is 3. The van der Waals surface area contributed by atoms with Crippen LogP contribution in [0.2, 0.25) is 0 Å². The van der Waals surface area contributed by atoms with E-state index in [1.54, 1.807) is 12.4 Å². The monoisotopic (exact) mass is 365 g/mol. The number of rotatable bonds is 5. The molecule has 0 spiro atoms. The molecule has 3 aromatic rings. The summed E-state index contributed by atoms with van der Waals surface area (Å²) < 4.78 is 36.5. The van der Waals surface area contributed by atoms with Crippen molar-refractivity contribution in [2.75, 3.05) is 11.9 Å². The van der Waals surface area contributed by atoms with E-state index in [0.29, 0.717) is 22.9 Å². The van der Waals surface area contributed by atoms with Crippen LogP contribution in [0.15, 0.2) is 31.0 Å². The number of anilines is 1. The molecule has 1 unspecified atom stereocenters. The molecule has 3 N–H and O–H groups in total. The van der Waals surface area contributed by atoms with Crippen LogP contribution >= 0.6 is 0 Å². The van der Waals surface area contributed by atoms with Crippen LogP contribution in [-0.4, -0.2) is 49.6 Å². The standard InChI is InChI=1S/C15H14F3N7O/c1-8(14(26)22-6-15(16,17)18)24-11-2-3-20-13(25-11)10-5-21-12-9(10)4-19-7-23-12/h2-5,7-8H,6H2,1H3,(H,22,26)(H,19,21,23)(H,20,24,25). The van der Waals surface area contributed by atoms with Crippen LogP contribution in [0.25, 0.3) is 22.4 Å². The van der Waals surface area contributed by atoms with Crippen molar-refractivity contribution in [1.29, 1.82) is 0 Å². The van der Waals surface area contributed by atoms with Crippen LogP contribution in [0.3, 0.4) is 0 Å². The van der Waals surface area contributed by atoms with Crippen molar-refractivity contribution in [2.45, 2.75) is 19.1 Å². The van der Waals surface area contributed by atoms with Crippen LogP contribution in [0.1, 0.15) is 6.92 Å². The molecule has 1 atom stereocenters. The molecule has 26 heavy (non-hydrogen) atoms. The van der Waals surface area contributed by atoms with Gasteiger partial charge in [-0.15, -0.1) is 0 Å². The Labute approximate surface area is 145 Å². The van der Waals surface area contributed by atoms with Crippen LogP contribution in [-0.2, 0) is 4.79 Å². The van der Waals surface area contributed by atoms with E-state index >= 15 is 0 Å². The van der Waals surface area contributed by atoms with Crippen molar-refractivity contribution in [1.82, 2.24) is 30.2 Å². The van der Waals surface area contributed by atoms with Gasteiger partial charge >= 0.3 is 6.18 Å². The van der Waals surface area contributed by atoms with Crippen molar-refractivity contribution in [2.24, 2.45) is 0 Å². The Kier molecular flexibility index (Phi) is 4.69. The highest BCUT2D eigenvalue weighted by molar-refractivity contribution is 5.91. The smallest absolute Gasteiger partial charge is 0.359 e. The molecule has 136 valence electrons. The normalized spacial score (nSPS) is 12.8. The summed E-state index contributed by atoms with van der Waals surface area (Å²) in [6.07, 6.45) is 1.72. The van der Waals surface area contributed by atoms with Gasteiger partial charge in [0.1, 0.15) is 30.4 Å². The molecule has 0 aliphatic rings. The molecule has 1 amide bonds. The van der Waals surface area contributed by atoms with Gasteiger partial charge < -0.3 is 15.6 Å². The third kappa shape index (κ3) is 4.05. The first-order chi connectivity index (χ1) is 12.3. The lowest BCUT2D eigenvalue weighted by molar-refractivity contribution is -0.138. The van der Waals surface area contributed by atoms with Crippen molar-refractivity contribution in [3.8, 4) is 11.4 Å². The molecule has 0 fully saturated rings. The largest absolute Gasteiger partial charge is 0.405 e. The number of halogens is 3. The maximum Gasteiger partial charge on any atom is 0.405 e. The predicted octanol–water partition coefficient (Wildman–Crippen LogP) is 1.89. The minimum Gasteiger partial charge on any atom is -0.359 e. The lowest BCUT2D eigenvalue weighted by atomic mass is 10.2. The maximum atomic E-state index is 12.2. The second-order valence-electron chi connectivity index (χ2n) is 5.45. The van der Waals surface area contributed by atoms with Gasteiger partial charge in [-0.3, -0.25) is 4.79 Å². The van der Waals surface area contributed by atoms with Crippen molar-refractivity contribution < 1.29 is 18.0 Å². The molecule has 0 aliphatic heterocycles. The Morgan fingerprint density at radius 2 is 2.15 bits per heavy atom. The highest BCUT2D eigenvalue weighted by Gasteiger charge is 2.28. The summed E-state index contributed by atoms with van der Waals surface area (Å²) in [6.45, 7) is 0.0508. The Morgan fingerprint density at radius 3 is 2.92 bits per heavy atom. The summed E-state index contributed by atoms with van der Waals surface area (Å²) in [7, 11) is 0. The fraction of sp³-hybridized carbons (Fsp3) is 0.267. The average Bonchev–Trinajstić information content (AvgIpc) is 3.03. The number of hydrogen-bond donors (Lipinski definition) is 3. The summed E-state index contributed by atoms with van der Waals surface area (Å²) >= 11 is 0. The number of nitrogens with zero attached hydrogens (tertiary/aromatic N) is 4. The number of hydrogen-bond acceptors (Lipinski definition) is 6. The number of nitrogens with one attached hydrogen (secondary N) is 3. The summed E-state index contributed by atoms with van der Waals surface area (Å²) in [5, 5.41) is 5.30. The number of amides is 1. The highest BCUT2D eigenvalue weighted by Crippen LogP contribution is 2.24. The number of aromatic amines is 1. The molecular weight excluding hydrogens is 351 g/mol. The first-order valence-electron chi connectivity index (χ1n) is 7.55. The van der Waals surface area contributed by atoms with Gasteiger partial charge in [0.25, 0.3) is 0 Å². The zero-order valence-corrected chi connectivity index (χ0v) is 13.5. The predicted molar refractivity (Wildman–Crippen MR) is 87.1 cm³/mol. The second-order valence-corrected chi connectivity index (χ2v) is 5.45. The van der Waals surface area contributed by atoms with Gasteiger partial charge in [-0.25, -0.2) is 19.9 Å². The summed E-state index contributed by atoms with van der Waals surface area (Å²) in [4.78, 5) is 31.2. The van der Waals surface area contributed by atoms with Crippen LogP contribution in [0, 0.1) is 0 Å². The Bertz CT molecular complexity index is 925. The van der Waals surface area contributed by atoms with Crippen molar-refractivity contribution >= 4 is 22.8 Å². The molecule has 3 rings (SSSR count). The lowest BCUT2D eigenvalue weighted by Gasteiger charge is -2.15. The third-order valence-electron chi connectivity index (χ3n) is 3.47. The number of carbonyl (C=O) groups is 1. The minimum absolute atomic E-state index is 0.302. The van der Waals surface area contributed by atoms with Crippen LogP contribution in [0.5, 0.6) is 0 Å². The van der Waals surface area contributed by atoms with E-state index in [2.05, 4.69) is 30.2 Å². The van der Waals surface area contributed by atoms with Gasteiger partial charge in [0.15, 0.2) is 5.82 Å². The fourth-order valence-corrected chi connectivity index (χ4v) is 2.24. The quantitative estimate of drug-likeness (QED) is 0.637. The molecule has 0 aromatic carbocycles. The topological polar surface area (TPSA) is 108 Å². The number of aromatic nitrogens is 5. The Morgan fingerprint density at radius 1 is 1.35 bits per heavy atom. The summed E-state index contributed by atoms with van der Waals surface area (Å²) in [5.74, 6) is -0.127. The van der Waals surface area contributed by atoms with Gasteiger partial charge in [-0.05, 0) is 13.0 Å². The Hall–Kier alpha value is -3.24. The molecular formula is C15H14F3N7O. The molecule has 0 radical (unpaired) electrons. The van der Waals surface area contributed by atoms with Gasteiger partial charge in [-0.2, -0.15) is 13.2 Å². The molecule has 8 nitrogen and oxygen atoms in total. The van der Waals surface area contributed by atoms with Gasteiger partial charge in [0.2, 0.25) is 5.91 Å². The van der Waals surface area contributed by atoms with E-state index in [9.17, 15) is 18.0 Å². The third-order valence-corrected chi connectivity index (χ3v) is 3.47. The molecule has 0 saturated heterocycles. The molecule has 0 aliphatic carbocycles. The lowest BCUT2D eigenvalue weighted by Crippen LogP contribution is -2.42. The minimum atomic E-state index is -4.46. The maximum absolute atomic E-state index is 12.2. The van der Waals surface area contributed by atoms with E-state index in [1.165, 1.54) is 25.5 Å². The molecule has 0 bridgehead atoms. The Balaban J connectivity index is 1.74. The first-order valence-corrected chi connectivity index (χ1v) is 7.55.